The zero-order chi connectivity index (χ0) is 13.8. The second kappa shape index (κ2) is 6.10. The Balaban J connectivity index is 1.98. The van der Waals surface area contributed by atoms with Crippen molar-refractivity contribution in [3.05, 3.63) is 45.1 Å². The number of carbonyl (C=O) groups excluding carboxylic acids is 1. The summed E-state index contributed by atoms with van der Waals surface area (Å²) in [6, 6.07) is 3.96. The molecule has 7 heteroatoms. The number of hydrogen-bond donors (Lipinski definition) is 2. The zero-order valence-corrected chi connectivity index (χ0v) is 11.3. The van der Waals surface area contributed by atoms with Gasteiger partial charge >= 0.3 is 0 Å². The van der Waals surface area contributed by atoms with E-state index in [2.05, 4.69) is 10.3 Å². The van der Waals surface area contributed by atoms with Crippen LogP contribution in [0.5, 0.6) is 0 Å². The van der Waals surface area contributed by atoms with Crippen LogP contribution in [0.4, 0.5) is 10.1 Å². The lowest BCUT2D eigenvalue weighted by Crippen LogP contribution is -2.14. The molecule has 2 rings (SSSR count). The molecule has 0 saturated carbocycles. The molecule has 4 nitrogen and oxygen atoms in total. The van der Waals surface area contributed by atoms with Gasteiger partial charge in [-0.15, -0.1) is 11.3 Å². The summed E-state index contributed by atoms with van der Waals surface area (Å²) in [5.41, 5.74) is 0.966. The number of amides is 1. The average molecular weight is 301 g/mol. The van der Waals surface area contributed by atoms with Gasteiger partial charge in [0.15, 0.2) is 0 Å². The number of rotatable bonds is 4. The molecule has 100 valence electrons. The minimum atomic E-state index is -0.535. The molecule has 1 amide bonds. The third-order valence-electron chi connectivity index (χ3n) is 2.28. The quantitative estimate of drug-likeness (QED) is 0.912. The van der Waals surface area contributed by atoms with Gasteiger partial charge in [0.1, 0.15) is 10.8 Å². The maximum atomic E-state index is 12.9. The molecule has 0 unspecified atom stereocenters. The van der Waals surface area contributed by atoms with Crippen molar-refractivity contribution >= 4 is 34.5 Å². The highest BCUT2D eigenvalue weighted by Crippen LogP contribution is 2.19. The van der Waals surface area contributed by atoms with Crippen molar-refractivity contribution in [1.29, 1.82) is 0 Å². The zero-order valence-electron chi connectivity index (χ0n) is 9.69. The van der Waals surface area contributed by atoms with Crippen molar-refractivity contribution in [3.63, 3.8) is 0 Å². The molecule has 0 bridgehead atoms. The molecule has 0 saturated heterocycles. The lowest BCUT2D eigenvalue weighted by Gasteiger charge is -2.04. The average Bonchev–Trinajstić information content (AvgIpc) is 2.81. The number of nitrogens with zero attached hydrogens (tertiary/aromatic N) is 1. The monoisotopic (exact) mass is 300 g/mol. The van der Waals surface area contributed by atoms with Crippen LogP contribution in [0.15, 0.2) is 23.6 Å². The Hall–Kier alpha value is -1.50. The standard InChI is InChI=1S/C12H10ClFN2O2S/c13-9-3-7(1-2-10(9)14)15-11(18)4-12-16-8(5-17)6-19-12/h1-3,6,17H,4-5H2,(H,15,18). The summed E-state index contributed by atoms with van der Waals surface area (Å²) in [5.74, 6) is -0.811. The summed E-state index contributed by atoms with van der Waals surface area (Å²) in [6.07, 6.45) is 0.0969. The number of benzene rings is 1. The fraction of sp³-hybridized carbons (Fsp3) is 0.167. The van der Waals surface area contributed by atoms with E-state index in [1.165, 1.54) is 29.5 Å². The molecule has 0 aliphatic rings. The predicted octanol–water partition coefficient (Wildman–Crippen LogP) is 2.61. The molecule has 2 aromatic rings. The number of carbonyl (C=O) groups is 1. The summed E-state index contributed by atoms with van der Waals surface area (Å²) in [4.78, 5) is 15.8. The summed E-state index contributed by atoms with van der Waals surface area (Å²) < 4.78 is 12.9. The van der Waals surface area contributed by atoms with Gasteiger partial charge in [-0.3, -0.25) is 4.79 Å². The Morgan fingerprint density at radius 1 is 1.53 bits per heavy atom. The molecule has 0 aliphatic heterocycles. The normalized spacial score (nSPS) is 10.5. The molecule has 0 radical (unpaired) electrons. The lowest BCUT2D eigenvalue weighted by atomic mass is 10.3. The van der Waals surface area contributed by atoms with Crippen molar-refractivity contribution in [2.24, 2.45) is 0 Å². The molecule has 1 aromatic heterocycles. The first kappa shape index (κ1) is 13.9. The highest BCUT2D eigenvalue weighted by atomic mass is 35.5. The van der Waals surface area contributed by atoms with Gasteiger partial charge in [-0.05, 0) is 18.2 Å². The van der Waals surface area contributed by atoms with Crippen LogP contribution in [-0.4, -0.2) is 16.0 Å². The van der Waals surface area contributed by atoms with E-state index in [-0.39, 0.29) is 24.0 Å². The van der Waals surface area contributed by atoms with Gasteiger partial charge in [-0.1, -0.05) is 11.6 Å². The molecule has 0 spiro atoms. The molecule has 19 heavy (non-hydrogen) atoms. The van der Waals surface area contributed by atoms with Gasteiger partial charge in [-0.25, -0.2) is 9.37 Å². The number of thiazole rings is 1. The van der Waals surface area contributed by atoms with E-state index in [0.717, 1.165) is 0 Å². The van der Waals surface area contributed by atoms with E-state index >= 15 is 0 Å². The highest BCUT2D eigenvalue weighted by Gasteiger charge is 2.09. The minimum Gasteiger partial charge on any atom is -0.390 e. The SMILES string of the molecule is O=C(Cc1nc(CO)cs1)Nc1ccc(F)c(Cl)c1. The van der Waals surface area contributed by atoms with Crippen molar-refractivity contribution in [3.8, 4) is 0 Å². The van der Waals surface area contributed by atoms with Gasteiger partial charge in [0.05, 0.1) is 23.7 Å². The van der Waals surface area contributed by atoms with Crippen molar-refractivity contribution in [1.82, 2.24) is 4.98 Å². The molecule has 1 heterocycles. The van der Waals surface area contributed by atoms with Crippen LogP contribution in [-0.2, 0) is 17.8 Å². The van der Waals surface area contributed by atoms with Crippen LogP contribution in [0.25, 0.3) is 0 Å². The van der Waals surface area contributed by atoms with Crippen molar-refractivity contribution in [2.75, 3.05) is 5.32 Å². The van der Waals surface area contributed by atoms with Crippen LogP contribution < -0.4 is 5.32 Å². The number of aromatic nitrogens is 1. The molecular formula is C12H10ClFN2O2S. The fourth-order valence-electron chi connectivity index (χ4n) is 1.42. The second-order valence-corrected chi connectivity index (χ2v) is 5.09. The first-order chi connectivity index (χ1) is 9.08. The first-order valence-electron chi connectivity index (χ1n) is 5.37. The largest absolute Gasteiger partial charge is 0.390 e. The Labute approximate surface area is 117 Å². The van der Waals surface area contributed by atoms with Crippen LogP contribution in [0.1, 0.15) is 10.7 Å². The third kappa shape index (κ3) is 3.73. The summed E-state index contributed by atoms with van der Waals surface area (Å²) in [7, 11) is 0. The number of halogens is 2. The maximum Gasteiger partial charge on any atom is 0.231 e. The van der Waals surface area contributed by atoms with Gasteiger partial charge in [0.25, 0.3) is 0 Å². The number of hydrogen-bond acceptors (Lipinski definition) is 4. The van der Waals surface area contributed by atoms with E-state index in [1.807, 2.05) is 0 Å². The van der Waals surface area contributed by atoms with Crippen LogP contribution in [0, 0.1) is 5.82 Å². The van der Waals surface area contributed by atoms with E-state index in [9.17, 15) is 9.18 Å². The van der Waals surface area contributed by atoms with E-state index in [4.69, 9.17) is 16.7 Å². The summed E-state index contributed by atoms with van der Waals surface area (Å²) in [5, 5.41) is 13.7. The Morgan fingerprint density at radius 3 is 2.95 bits per heavy atom. The molecule has 0 atom stereocenters. The Kier molecular flexibility index (Phi) is 4.47. The molecule has 0 aliphatic carbocycles. The molecule has 1 aromatic carbocycles. The summed E-state index contributed by atoms with van der Waals surface area (Å²) in [6.45, 7) is -0.147. The summed E-state index contributed by atoms with van der Waals surface area (Å²) >= 11 is 6.92. The fourth-order valence-corrected chi connectivity index (χ4v) is 2.38. The van der Waals surface area contributed by atoms with Crippen molar-refractivity contribution in [2.45, 2.75) is 13.0 Å². The predicted molar refractivity (Wildman–Crippen MR) is 71.8 cm³/mol. The van der Waals surface area contributed by atoms with E-state index in [0.29, 0.717) is 16.4 Å². The van der Waals surface area contributed by atoms with E-state index in [1.54, 1.807) is 5.38 Å². The van der Waals surface area contributed by atoms with Crippen LogP contribution >= 0.6 is 22.9 Å². The molecule has 0 fully saturated rings. The van der Waals surface area contributed by atoms with Gasteiger partial charge in [0, 0.05) is 11.1 Å². The first-order valence-corrected chi connectivity index (χ1v) is 6.63. The topological polar surface area (TPSA) is 62.2 Å². The maximum absolute atomic E-state index is 12.9. The number of anilines is 1. The number of aliphatic hydroxyl groups is 1. The highest BCUT2D eigenvalue weighted by molar-refractivity contribution is 7.09. The lowest BCUT2D eigenvalue weighted by molar-refractivity contribution is -0.115. The molecular weight excluding hydrogens is 291 g/mol. The second-order valence-electron chi connectivity index (χ2n) is 3.74. The van der Waals surface area contributed by atoms with Gasteiger partial charge < -0.3 is 10.4 Å². The number of nitrogens with one attached hydrogen (secondary N) is 1. The molecule has 2 N–H and O–H groups in total. The van der Waals surface area contributed by atoms with Crippen LogP contribution in [0.3, 0.4) is 0 Å². The number of aliphatic hydroxyl groups excluding tert-OH is 1. The van der Waals surface area contributed by atoms with Gasteiger partial charge in [-0.2, -0.15) is 0 Å². The minimum absolute atomic E-state index is 0.0467. The van der Waals surface area contributed by atoms with E-state index < -0.39 is 5.82 Å². The van der Waals surface area contributed by atoms with Gasteiger partial charge in [0.2, 0.25) is 5.91 Å². The Morgan fingerprint density at radius 2 is 2.32 bits per heavy atom. The van der Waals surface area contributed by atoms with Crippen LogP contribution in [0.2, 0.25) is 5.02 Å². The third-order valence-corrected chi connectivity index (χ3v) is 3.46. The van der Waals surface area contributed by atoms with Crippen molar-refractivity contribution < 1.29 is 14.3 Å². The smallest absolute Gasteiger partial charge is 0.231 e. The Bertz CT molecular complexity index is 603.